The van der Waals surface area contributed by atoms with Crippen molar-refractivity contribution in [1.82, 2.24) is 4.98 Å². The van der Waals surface area contributed by atoms with E-state index in [1.54, 1.807) is 19.1 Å². The monoisotopic (exact) mass is 211 g/mol. The Kier molecular flexibility index (Phi) is 2.04. The number of hydrogen-bond donors (Lipinski definition) is 1. The second-order valence-electron chi connectivity index (χ2n) is 3.08. The van der Waals surface area contributed by atoms with E-state index in [2.05, 4.69) is 4.98 Å². The van der Waals surface area contributed by atoms with E-state index in [1.807, 2.05) is 0 Å². The summed E-state index contributed by atoms with van der Waals surface area (Å²) in [4.78, 5) is 14.1. The molecule has 0 saturated carbocycles. The minimum atomic E-state index is -0.406. The predicted molar refractivity (Wildman–Crippen MR) is 54.3 cm³/mol. The lowest BCUT2D eigenvalue weighted by atomic mass is 10.1. The van der Waals surface area contributed by atoms with Gasteiger partial charge < -0.3 is 4.98 Å². The molecule has 1 aromatic heterocycles. The van der Waals surface area contributed by atoms with Gasteiger partial charge in [0.25, 0.3) is 0 Å². The summed E-state index contributed by atoms with van der Waals surface area (Å²) in [6.45, 7) is 1.64. The SMILES string of the molecule is Cc1ccc2c(=O)c(Cl)c[nH]c2c1F. The summed E-state index contributed by atoms with van der Waals surface area (Å²) in [6, 6.07) is 3.13. The Morgan fingerprint density at radius 1 is 1.43 bits per heavy atom. The Hall–Kier alpha value is -1.35. The van der Waals surface area contributed by atoms with E-state index in [0.29, 0.717) is 5.56 Å². The number of nitrogens with one attached hydrogen (secondary N) is 1. The number of fused-ring (bicyclic) bond motifs is 1. The Balaban J connectivity index is 3.02. The van der Waals surface area contributed by atoms with Crippen LogP contribution in [0, 0.1) is 12.7 Å². The first-order valence-electron chi connectivity index (χ1n) is 4.07. The molecule has 1 aromatic carbocycles. The molecule has 0 radical (unpaired) electrons. The van der Waals surface area contributed by atoms with Crippen molar-refractivity contribution >= 4 is 22.5 Å². The fraction of sp³-hybridized carbons (Fsp3) is 0.100. The smallest absolute Gasteiger partial charge is 0.208 e. The fourth-order valence-corrected chi connectivity index (χ4v) is 1.50. The molecule has 0 amide bonds. The van der Waals surface area contributed by atoms with Crippen molar-refractivity contribution in [2.75, 3.05) is 0 Å². The molecule has 2 aromatic rings. The molecule has 1 heterocycles. The van der Waals surface area contributed by atoms with Gasteiger partial charge in [0.2, 0.25) is 5.43 Å². The van der Waals surface area contributed by atoms with Gasteiger partial charge in [0, 0.05) is 6.20 Å². The van der Waals surface area contributed by atoms with Crippen LogP contribution in [0.15, 0.2) is 23.1 Å². The highest BCUT2D eigenvalue weighted by atomic mass is 35.5. The number of aromatic nitrogens is 1. The maximum absolute atomic E-state index is 13.5. The van der Waals surface area contributed by atoms with Crippen molar-refractivity contribution < 1.29 is 4.39 Å². The first-order valence-corrected chi connectivity index (χ1v) is 4.45. The molecule has 4 heteroatoms. The molecule has 0 fully saturated rings. The highest BCUT2D eigenvalue weighted by molar-refractivity contribution is 6.31. The summed E-state index contributed by atoms with van der Waals surface area (Å²) < 4.78 is 13.5. The molecular weight excluding hydrogens is 205 g/mol. The average molecular weight is 212 g/mol. The lowest BCUT2D eigenvalue weighted by molar-refractivity contribution is 0.627. The Morgan fingerprint density at radius 3 is 2.86 bits per heavy atom. The molecule has 0 saturated heterocycles. The van der Waals surface area contributed by atoms with Crippen molar-refractivity contribution in [3.05, 3.63) is 45.0 Å². The van der Waals surface area contributed by atoms with Gasteiger partial charge in [0.1, 0.15) is 10.8 Å². The first kappa shape index (κ1) is 9.21. The molecule has 2 nitrogen and oxygen atoms in total. The molecular formula is C10H7ClFNO. The zero-order valence-electron chi connectivity index (χ0n) is 7.40. The molecule has 2 rings (SSSR count). The van der Waals surface area contributed by atoms with Crippen LogP contribution < -0.4 is 5.43 Å². The van der Waals surface area contributed by atoms with Crippen LogP contribution in [0.3, 0.4) is 0 Å². The van der Waals surface area contributed by atoms with Crippen molar-refractivity contribution in [1.29, 1.82) is 0 Å². The number of hydrogen-bond acceptors (Lipinski definition) is 1. The highest BCUT2D eigenvalue weighted by Gasteiger charge is 2.08. The van der Waals surface area contributed by atoms with E-state index in [0.717, 1.165) is 0 Å². The van der Waals surface area contributed by atoms with E-state index in [-0.39, 0.29) is 21.4 Å². The zero-order chi connectivity index (χ0) is 10.3. The van der Waals surface area contributed by atoms with Gasteiger partial charge in [-0.05, 0) is 18.6 Å². The van der Waals surface area contributed by atoms with Gasteiger partial charge in [0.15, 0.2) is 0 Å². The van der Waals surface area contributed by atoms with Gasteiger partial charge in [-0.2, -0.15) is 0 Å². The summed E-state index contributed by atoms with van der Waals surface area (Å²) in [5, 5.41) is 0.348. The molecule has 0 aliphatic carbocycles. The minimum Gasteiger partial charge on any atom is -0.357 e. The van der Waals surface area contributed by atoms with Gasteiger partial charge >= 0.3 is 0 Å². The largest absolute Gasteiger partial charge is 0.357 e. The quantitative estimate of drug-likeness (QED) is 0.714. The maximum atomic E-state index is 13.5. The van der Waals surface area contributed by atoms with E-state index < -0.39 is 5.82 Å². The number of benzene rings is 1. The molecule has 0 atom stereocenters. The standard InChI is InChI=1S/C10H7ClFNO/c1-5-2-3-6-9(8(5)12)13-4-7(11)10(6)14/h2-4H,1H3,(H,13,14). The van der Waals surface area contributed by atoms with Crippen LogP contribution in [0.1, 0.15) is 5.56 Å². The third kappa shape index (κ3) is 1.21. The van der Waals surface area contributed by atoms with Crippen LogP contribution in [0.25, 0.3) is 10.9 Å². The normalized spacial score (nSPS) is 10.8. The first-order chi connectivity index (χ1) is 6.61. The summed E-state index contributed by atoms with van der Waals surface area (Å²) >= 11 is 5.61. The summed E-state index contributed by atoms with van der Waals surface area (Å²) in [6.07, 6.45) is 1.30. The minimum absolute atomic E-state index is 0.0701. The van der Waals surface area contributed by atoms with Crippen molar-refractivity contribution in [3.63, 3.8) is 0 Å². The van der Waals surface area contributed by atoms with Crippen molar-refractivity contribution in [2.45, 2.75) is 6.92 Å². The van der Waals surface area contributed by atoms with E-state index >= 15 is 0 Å². The second-order valence-corrected chi connectivity index (χ2v) is 3.49. The van der Waals surface area contributed by atoms with Crippen LogP contribution in [-0.2, 0) is 0 Å². The average Bonchev–Trinajstić information content (AvgIpc) is 2.17. The number of aryl methyl sites for hydroxylation is 1. The van der Waals surface area contributed by atoms with E-state index in [1.165, 1.54) is 6.20 Å². The number of halogens is 2. The third-order valence-corrected chi connectivity index (χ3v) is 2.42. The molecule has 0 bridgehead atoms. The molecule has 72 valence electrons. The van der Waals surface area contributed by atoms with Crippen LogP contribution >= 0.6 is 11.6 Å². The lowest BCUT2D eigenvalue weighted by Gasteiger charge is -2.01. The topological polar surface area (TPSA) is 32.9 Å². The number of H-pyrrole nitrogens is 1. The summed E-state index contributed by atoms with van der Waals surface area (Å²) in [5.74, 6) is -0.406. The molecule has 0 aliphatic heterocycles. The van der Waals surface area contributed by atoms with Gasteiger partial charge in [0.05, 0.1) is 10.9 Å². The van der Waals surface area contributed by atoms with Crippen LogP contribution in [0.2, 0.25) is 5.02 Å². The number of aromatic amines is 1. The summed E-state index contributed by atoms with van der Waals surface area (Å²) in [5.41, 5.74) is 0.356. The zero-order valence-corrected chi connectivity index (χ0v) is 8.15. The third-order valence-electron chi connectivity index (χ3n) is 2.14. The molecule has 14 heavy (non-hydrogen) atoms. The Labute approximate surface area is 84.3 Å². The van der Waals surface area contributed by atoms with Gasteiger partial charge in [-0.3, -0.25) is 4.79 Å². The van der Waals surface area contributed by atoms with Crippen molar-refractivity contribution in [3.8, 4) is 0 Å². The Bertz CT molecular complexity index is 562. The second kappa shape index (κ2) is 3.10. The van der Waals surface area contributed by atoms with Gasteiger partial charge in [-0.1, -0.05) is 17.7 Å². The predicted octanol–water partition coefficient (Wildman–Crippen LogP) is 2.63. The number of pyridine rings is 1. The molecule has 0 spiro atoms. The Morgan fingerprint density at radius 2 is 2.14 bits per heavy atom. The molecule has 0 unspecified atom stereocenters. The number of rotatable bonds is 0. The maximum Gasteiger partial charge on any atom is 0.208 e. The van der Waals surface area contributed by atoms with Gasteiger partial charge in [-0.25, -0.2) is 4.39 Å². The van der Waals surface area contributed by atoms with Crippen LogP contribution in [0.4, 0.5) is 4.39 Å². The molecule has 1 N–H and O–H groups in total. The van der Waals surface area contributed by atoms with E-state index in [9.17, 15) is 9.18 Å². The van der Waals surface area contributed by atoms with Crippen LogP contribution in [0.5, 0.6) is 0 Å². The van der Waals surface area contributed by atoms with Crippen LogP contribution in [-0.4, -0.2) is 4.98 Å². The lowest BCUT2D eigenvalue weighted by Crippen LogP contribution is -2.04. The van der Waals surface area contributed by atoms with Gasteiger partial charge in [-0.15, -0.1) is 0 Å². The summed E-state index contributed by atoms with van der Waals surface area (Å²) in [7, 11) is 0. The molecule has 0 aliphatic rings. The highest BCUT2D eigenvalue weighted by Crippen LogP contribution is 2.17. The van der Waals surface area contributed by atoms with Crippen molar-refractivity contribution in [2.24, 2.45) is 0 Å². The van der Waals surface area contributed by atoms with E-state index in [4.69, 9.17) is 11.6 Å². The fourth-order valence-electron chi connectivity index (χ4n) is 1.34.